The Labute approximate surface area is 251 Å². The fourth-order valence-electron chi connectivity index (χ4n) is 4.21. The summed E-state index contributed by atoms with van der Waals surface area (Å²) in [5, 5.41) is 17.5. The van der Waals surface area contributed by atoms with Crippen molar-refractivity contribution in [2.45, 2.75) is 9.79 Å². The zero-order valence-electron chi connectivity index (χ0n) is 20.8. The predicted octanol–water partition coefficient (Wildman–Crippen LogP) is -2.87. The van der Waals surface area contributed by atoms with E-state index in [9.17, 15) is 40.6 Å². The third-order valence-electron chi connectivity index (χ3n) is 5.94. The number of ketones is 2. The molecule has 0 saturated carbocycles. The van der Waals surface area contributed by atoms with Crippen LogP contribution < -0.4 is 43.5 Å². The molecule has 0 amide bonds. The molecule has 0 bridgehead atoms. The normalized spacial score (nSPS) is 12.9. The SMILES string of the molecule is Nc1c(S(=O)(=O)[O-])cc(S(=O)(=O)[O-])c2ccc(N=Nc3ccc4c(c3)C(=O)c3ccccc3C4=O)c(O)c12.[Li+].[Li+]. The molecule has 16 heteroatoms. The minimum absolute atomic E-state index is 0. The molecule has 3 N–H and O–H groups in total. The van der Waals surface area contributed by atoms with Crippen LogP contribution in [0.15, 0.2) is 80.7 Å². The number of nitrogens with two attached hydrogens (primary N) is 1. The van der Waals surface area contributed by atoms with Gasteiger partial charge in [0.05, 0.1) is 26.6 Å². The van der Waals surface area contributed by atoms with E-state index >= 15 is 0 Å². The summed E-state index contributed by atoms with van der Waals surface area (Å²) < 4.78 is 70.0. The molecule has 0 aromatic heterocycles. The van der Waals surface area contributed by atoms with Gasteiger partial charge in [0.1, 0.15) is 25.9 Å². The predicted molar refractivity (Wildman–Crippen MR) is 130 cm³/mol. The van der Waals surface area contributed by atoms with Gasteiger partial charge in [0.2, 0.25) is 0 Å². The number of benzene rings is 4. The van der Waals surface area contributed by atoms with Gasteiger partial charge in [-0.3, -0.25) is 9.59 Å². The first kappa shape index (κ1) is 31.2. The molecule has 1 aliphatic rings. The summed E-state index contributed by atoms with van der Waals surface area (Å²) in [7, 11) is -10.6. The van der Waals surface area contributed by atoms with Gasteiger partial charge in [-0.15, -0.1) is 5.11 Å². The quantitative estimate of drug-likeness (QED) is 0.0982. The summed E-state index contributed by atoms with van der Waals surface area (Å²) in [6, 6.07) is 12.9. The summed E-state index contributed by atoms with van der Waals surface area (Å²) >= 11 is 0. The summed E-state index contributed by atoms with van der Waals surface area (Å²) in [5.74, 6) is -1.59. The number of anilines is 1. The Hall–Kier alpha value is -3.31. The average molecular weight is 565 g/mol. The van der Waals surface area contributed by atoms with Gasteiger partial charge >= 0.3 is 37.7 Å². The Morgan fingerprint density at radius 3 is 1.82 bits per heavy atom. The van der Waals surface area contributed by atoms with Crippen molar-refractivity contribution >= 4 is 59.6 Å². The number of carbonyl (C=O) groups is 2. The third kappa shape index (κ3) is 5.24. The van der Waals surface area contributed by atoms with Gasteiger partial charge in [-0.25, -0.2) is 16.8 Å². The molecule has 5 rings (SSSR count). The van der Waals surface area contributed by atoms with Crippen molar-refractivity contribution in [1.82, 2.24) is 0 Å². The maximum Gasteiger partial charge on any atom is 1.00 e. The van der Waals surface area contributed by atoms with E-state index in [1.165, 1.54) is 24.3 Å². The molecular formula is C24H13Li2N3O9S2. The minimum atomic E-state index is -5.34. The van der Waals surface area contributed by atoms with Crippen LogP contribution in [0.5, 0.6) is 5.75 Å². The summed E-state index contributed by atoms with van der Waals surface area (Å²) in [6.07, 6.45) is 0. The Morgan fingerprint density at radius 2 is 1.25 bits per heavy atom. The maximum atomic E-state index is 12.9. The second-order valence-electron chi connectivity index (χ2n) is 8.18. The van der Waals surface area contributed by atoms with Crippen molar-refractivity contribution in [3.05, 3.63) is 82.9 Å². The molecule has 0 atom stereocenters. The third-order valence-corrected chi connectivity index (χ3v) is 7.69. The van der Waals surface area contributed by atoms with Crippen molar-refractivity contribution in [2.75, 3.05) is 5.73 Å². The Bertz CT molecular complexity index is 1990. The average Bonchev–Trinajstić information content (AvgIpc) is 2.85. The first-order valence-corrected chi connectivity index (χ1v) is 13.3. The first-order valence-electron chi connectivity index (χ1n) is 10.5. The number of rotatable bonds is 4. The summed E-state index contributed by atoms with van der Waals surface area (Å²) in [4.78, 5) is 23.4. The van der Waals surface area contributed by atoms with E-state index in [1.54, 1.807) is 18.2 Å². The molecule has 0 heterocycles. The molecule has 12 nitrogen and oxygen atoms in total. The number of fused-ring (bicyclic) bond motifs is 3. The molecule has 1 aliphatic carbocycles. The molecular weight excluding hydrogens is 552 g/mol. The largest absolute Gasteiger partial charge is 1.00 e. The van der Waals surface area contributed by atoms with Crippen LogP contribution in [0.2, 0.25) is 0 Å². The number of azo groups is 1. The van der Waals surface area contributed by atoms with Crippen LogP contribution in [0.25, 0.3) is 10.8 Å². The molecule has 0 spiro atoms. The second kappa shape index (κ2) is 10.9. The van der Waals surface area contributed by atoms with Gasteiger partial charge in [-0.1, -0.05) is 30.3 Å². The van der Waals surface area contributed by atoms with Gasteiger partial charge in [0.15, 0.2) is 17.3 Å². The van der Waals surface area contributed by atoms with E-state index in [0.717, 1.165) is 12.1 Å². The fourth-order valence-corrected chi connectivity index (χ4v) is 5.62. The molecule has 0 unspecified atom stereocenters. The molecule has 0 radical (unpaired) electrons. The number of phenolic OH excluding ortho intramolecular Hbond substituents is 1. The number of phenols is 1. The van der Waals surface area contributed by atoms with Crippen LogP contribution in [0.4, 0.5) is 17.1 Å². The molecule has 192 valence electrons. The number of hydrogen-bond donors (Lipinski definition) is 2. The van der Waals surface area contributed by atoms with Crippen molar-refractivity contribution in [1.29, 1.82) is 0 Å². The first-order chi connectivity index (χ1) is 17.8. The van der Waals surface area contributed by atoms with Crippen LogP contribution in [0, 0.1) is 0 Å². The second-order valence-corrected chi connectivity index (χ2v) is 10.9. The fraction of sp³-hybridized carbons (Fsp3) is 0. The van der Waals surface area contributed by atoms with Gasteiger partial charge in [0.25, 0.3) is 0 Å². The van der Waals surface area contributed by atoms with Crippen molar-refractivity contribution in [3.8, 4) is 5.75 Å². The number of nitrogen functional groups attached to an aromatic ring is 1. The van der Waals surface area contributed by atoms with Gasteiger partial charge in [0, 0.05) is 27.6 Å². The molecule has 0 aliphatic heterocycles. The van der Waals surface area contributed by atoms with E-state index < -0.39 is 58.0 Å². The van der Waals surface area contributed by atoms with Crippen LogP contribution in [0.3, 0.4) is 0 Å². The number of hydrogen-bond acceptors (Lipinski definition) is 12. The molecule has 0 saturated heterocycles. The van der Waals surface area contributed by atoms with Gasteiger partial charge in [-0.2, -0.15) is 5.11 Å². The Morgan fingerprint density at radius 1 is 0.700 bits per heavy atom. The van der Waals surface area contributed by atoms with Crippen LogP contribution in [-0.2, 0) is 20.2 Å². The van der Waals surface area contributed by atoms with E-state index in [4.69, 9.17) is 5.73 Å². The number of aromatic hydroxyl groups is 1. The summed E-state index contributed by atoms with van der Waals surface area (Å²) in [6.45, 7) is 0. The molecule has 40 heavy (non-hydrogen) atoms. The van der Waals surface area contributed by atoms with Crippen molar-refractivity contribution in [3.63, 3.8) is 0 Å². The molecule has 4 aromatic rings. The number of carbonyl (C=O) groups excluding carboxylic acids is 2. The van der Waals surface area contributed by atoms with Gasteiger partial charge in [-0.05, 0) is 30.3 Å². The van der Waals surface area contributed by atoms with E-state index in [2.05, 4.69) is 10.2 Å². The van der Waals surface area contributed by atoms with Crippen LogP contribution in [-0.4, -0.2) is 42.6 Å². The summed E-state index contributed by atoms with van der Waals surface area (Å²) in [5.41, 5.74) is 5.52. The van der Waals surface area contributed by atoms with Crippen molar-refractivity contribution < 1.29 is 78.4 Å². The van der Waals surface area contributed by atoms with Crippen LogP contribution in [0.1, 0.15) is 31.8 Å². The van der Waals surface area contributed by atoms with E-state index in [-0.39, 0.29) is 77.1 Å². The number of nitrogens with zero attached hydrogens (tertiary/aromatic N) is 2. The van der Waals surface area contributed by atoms with E-state index in [1.807, 2.05) is 0 Å². The standard InChI is InChI=1S/C24H15N3O9S2.2Li/c25-21-19(38(34,35)36)10-18(37(31,32)33)15-7-8-17(24(30)20(15)21)27-26-11-5-6-14-16(9-11)23(29)13-4-2-1-3-12(13)22(14)28;;/h1-10,30H,25H2,(H,31,32,33)(H,34,35,36);;/q;2*+1/p-2. The van der Waals surface area contributed by atoms with Crippen molar-refractivity contribution in [2.24, 2.45) is 10.2 Å². The van der Waals surface area contributed by atoms with Crippen LogP contribution >= 0.6 is 0 Å². The molecule has 4 aromatic carbocycles. The maximum absolute atomic E-state index is 12.9. The molecule has 0 fully saturated rings. The van der Waals surface area contributed by atoms with E-state index in [0.29, 0.717) is 6.07 Å². The smallest absolute Gasteiger partial charge is 0.744 e. The topological polar surface area (TPSA) is 220 Å². The zero-order valence-corrected chi connectivity index (χ0v) is 22.4. The Kier molecular flexibility index (Phi) is 8.53. The van der Waals surface area contributed by atoms with Gasteiger partial charge < -0.3 is 19.9 Å². The Balaban J connectivity index is 0.00000220. The zero-order chi connectivity index (χ0) is 27.6. The monoisotopic (exact) mass is 565 g/mol. The minimum Gasteiger partial charge on any atom is -0.744 e.